The first-order valence-corrected chi connectivity index (χ1v) is 11.9. The Morgan fingerprint density at radius 2 is 1.59 bits per heavy atom. The lowest BCUT2D eigenvalue weighted by atomic mass is 10.1. The molecule has 1 N–H and O–H groups in total. The van der Waals surface area contributed by atoms with Crippen LogP contribution in [0, 0.1) is 0 Å². The molecule has 168 valence electrons. The lowest BCUT2D eigenvalue weighted by Gasteiger charge is -2.20. The summed E-state index contributed by atoms with van der Waals surface area (Å²) >= 11 is 1.50. The molecule has 3 rings (SSSR count). The number of hydrogen-bond acceptors (Lipinski definition) is 4. The number of anilines is 2. The third-order valence-corrected chi connectivity index (χ3v) is 7.20. The van der Waals surface area contributed by atoms with Crippen molar-refractivity contribution in [3.63, 3.8) is 0 Å². The smallest absolute Gasteiger partial charge is 0.322 e. The Labute approximate surface area is 188 Å². The maximum Gasteiger partial charge on any atom is 0.416 e. The van der Waals surface area contributed by atoms with Gasteiger partial charge in [0, 0.05) is 23.2 Å². The van der Waals surface area contributed by atoms with E-state index in [4.69, 9.17) is 0 Å². The zero-order valence-corrected chi connectivity index (χ0v) is 18.7. The third-order valence-electron chi connectivity index (χ3n) is 4.66. The number of carbonyl (C=O) groups is 1. The molecule has 10 heteroatoms. The van der Waals surface area contributed by atoms with Gasteiger partial charge in [0.25, 0.3) is 15.9 Å². The second-order valence-corrected chi connectivity index (χ2v) is 9.58. The maximum atomic E-state index is 12.9. The highest BCUT2D eigenvalue weighted by atomic mass is 32.2. The minimum Gasteiger partial charge on any atom is -0.322 e. The van der Waals surface area contributed by atoms with Crippen LogP contribution in [-0.2, 0) is 16.2 Å². The fraction of sp³-hybridized carbons (Fsp3) is 0.136. The summed E-state index contributed by atoms with van der Waals surface area (Å²) in [4.78, 5) is 13.5. The standard InChI is InChI=1S/C22H19F3N2O3S2/c1-27(32(29,30)20-12-10-19(31-2)11-13-20)18-8-6-15(7-9-18)21(28)26-17-5-3-4-16(14-17)22(23,24)25/h3-14H,1-2H3,(H,26,28). The normalized spacial score (nSPS) is 11.8. The van der Waals surface area contributed by atoms with E-state index in [1.54, 1.807) is 12.1 Å². The largest absolute Gasteiger partial charge is 0.416 e. The highest BCUT2D eigenvalue weighted by Gasteiger charge is 2.30. The molecule has 0 atom stereocenters. The van der Waals surface area contributed by atoms with Gasteiger partial charge in [-0.25, -0.2) is 8.42 Å². The van der Waals surface area contributed by atoms with Crippen LogP contribution in [0.15, 0.2) is 82.6 Å². The van der Waals surface area contributed by atoms with E-state index >= 15 is 0 Å². The van der Waals surface area contributed by atoms with E-state index in [1.807, 2.05) is 6.26 Å². The van der Waals surface area contributed by atoms with Crippen LogP contribution in [-0.4, -0.2) is 27.6 Å². The molecular weight excluding hydrogens is 461 g/mol. The van der Waals surface area contributed by atoms with Gasteiger partial charge in [0.2, 0.25) is 0 Å². The van der Waals surface area contributed by atoms with Gasteiger partial charge < -0.3 is 5.32 Å². The van der Waals surface area contributed by atoms with Crippen molar-refractivity contribution in [2.75, 3.05) is 22.9 Å². The number of amides is 1. The van der Waals surface area contributed by atoms with Crippen LogP contribution in [0.3, 0.4) is 0 Å². The Bertz CT molecular complexity index is 1210. The summed E-state index contributed by atoms with van der Waals surface area (Å²) in [5, 5.41) is 2.41. The number of alkyl halides is 3. The van der Waals surface area contributed by atoms with Gasteiger partial charge in [-0.15, -0.1) is 11.8 Å². The molecule has 1 amide bonds. The number of nitrogens with zero attached hydrogens (tertiary/aromatic N) is 1. The fourth-order valence-corrected chi connectivity index (χ4v) is 4.45. The van der Waals surface area contributed by atoms with Crippen LogP contribution in [0.2, 0.25) is 0 Å². The molecule has 3 aromatic rings. The van der Waals surface area contributed by atoms with Gasteiger partial charge in [-0.1, -0.05) is 6.07 Å². The zero-order chi connectivity index (χ0) is 23.5. The molecule has 0 aliphatic heterocycles. The summed E-state index contributed by atoms with van der Waals surface area (Å²) in [6.45, 7) is 0. The number of hydrogen-bond donors (Lipinski definition) is 1. The molecule has 0 aliphatic carbocycles. The van der Waals surface area contributed by atoms with E-state index < -0.39 is 27.7 Å². The fourth-order valence-electron chi connectivity index (χ4n) is 2.84. The lowest BCUT2D eigenvalue weighted by molar-refractivity contribution is -0.137. The predicted octanol–water partition coefficient (Wildman–Crippen LogP) is 5.50. The van der Waals surface area contributed by atoms with Crippen LogP contribution in [0.4, 0.5) is 24.5 Å². The summed E-state index contributed by atoms with van der Waals surface area (Å²) in [5.74, 6) is -0.617. The quantitative estimate of drug-likeness (QED) is 0.473. The number of thioether (sulfide) groups is 1. The van der Waals surface area contributed by atoms with Gasteiger partial charge >= 0.3 is 6.18 Å². The Kier molecular flexibility index (Phi) is 6.85. The third kappa shape index (κ3) is 5.25. The molecule has 0 aliphatic rings. The van der Waals surface area contributed by atoms with Gasteiger partial charge in [-0.2, -0.15) is 13.2 Å². The van der Waals surface area contributed by atoms with Gasteiger partial charge in [0.05, 0.1) is 16.1 Å². The van der Waals surface area contributed by atoms with Crippen molar-refractivity contribution < 1.29 is 26.4 Å². The van der Waals surface area contributed by atoms with E-state index in [0.717, 1.165) is 21.3 Å². The minimum atomic E-state index is -4.52. The SMILES string of the molecule is CSc1ccc(S(=O)(=O)N(C)c2ccc(C(=O)Nc3cccc(C(F)(F)F)c3)cc2)cc1. The van der Waals surface area contributed by atoms with Crippen molar-refractivity contribution in [1.82, 2.24) is 0 Å². The van der Waals surface area contributed by atoms with Gasteiger partial charge in [-0.05, 0) is 73.0 Å². The summed E-state index contributed by atoms with van der Waals surface area (Å²) in [7, 11) is -2.40. The Morgan fingerprint density at radius 1 is 0.969 bits per heavy atom. The molecule has 0 fully saturated rings. The number of sulfonamides is 1. The first-order valence-electron chi connectivity index (χ1n) is 9.24. The van der Waals surface area contributed by atoms with Gasteiger partial charge in [-0.3, -0.25) is 9.10 Å². The van der Waals surface area contributed by atoms with Crippen molar-refractivity contribution in [3.05, 3.63) is 83.9 Å². The van der Waals surface area contributed by atoms with Crippen molar-refractivity contribution in [3.8, 4) is 0 Å². The van der Waals surface area contributed by atoms with Gasteiger partial charge in [0.1, 0.15) is 0 Å². The number of benzene rings is 3. The molecule has 0 unspecified atom stereocenters. The number of rotatable bonds is 6. The topological polar surface area (TPSA) is 66.5 Å². The molecule has 32 heavy (non-hydrogen) atoms. The molecule has 0 heterocycles. The van der Waals surface area contributed by atoms with Crippen LogP contribution in [0.1, 0.15) is 15.9 Å². The number of carbonyl (C=O) groups excluding carboxylic acids is 1. The maximum absolute atomic E-state index is 12.9. The average molecular weight is 481 g/mol. The van der Waals surface area contributed by atoms with Crippen molar-refractivity contribution in [2.24, 2.45) is 0 Å². The molecule has 0 saturated heterocycles. The summed E-state index contributed by atoms with van der Waals surface area (Å²) in [6, 6.07) is 16.5. The van der Waals surface area contributed by atoms with E-state index in [9.17, 15) is 26.4 Å². The highest BCUT2D eigenvalue weighted by Crippen LogP contribution is 2.31. The monoisotopic (exact) mass is 480 g/mol. The van der Waals surface area contributed by atoms with Crippen LogP contribution in [0.5, 0.6) is 0 Å². The van der Waals surface area contributed by atoms with Gasteiger partial charge in [0.15, 0.2) is 0 Å². The second kappa shape index (κ2) is 9.25. The van der Waals surface area contributed by atoms with Crippen molar-refractivity contribution in [1.29, 1.82) is 0 Å². The molecule has 0 radical (unpaired) electrons. The molecule has 0 aromatic heterocycles. The second-order valence-electron chi connectivity index (χ2n) is 6.73. The van der Waals surface area contributed by atoms with E-state index in [-0.39, 0.29) is 16.1 Å². The van der Waals surface area contributed by atoms with E-state index in [1.165, 1.54) is 67.3 Å². The Hall–Kier alpha value is -2.98. The van der Waals surface area contributed by atoms with E-state index in [2.05, 4.69) is 5.32 Å². The Morgan fingerprint density at radius 3 is 2.16 bits per heavy atom. The predicted molar refractivity (Wildman–Crippen MR) is 120 cm³/mol. The molecule has 5 nitrogen and oxygen atoms in total. The molecule has 0 spiro atoms. The summed E-state index contributed by atoms with van der Waals surface area (Å²) in [5.41, 5.74) is -0.374. The lowest BCUT2D eigenvalue weighted by Crippen LogP contribution is -2.26. The first-order chi connectivity index (χ1) is 15.0. The molecule has 3 aromatic carbocycles. The molecule has 0 saturated carbocycles. The molecular formula is C22H19F3N2O3S2. The number of nitrogens with one attached hydrogen (secondary N) is 1. The number of halogens is 3. The average Bonchev–Trinajstić information content (AvgIpc) is 2.78. The Balaban J connectivity index is 1.76. The van der Waals surface area contributed by atoms with Crippen LogP contribution < -0.4 is 9.62 Å². The van der Waals surface area contributed by atoms with Crippen molar-refractivity contribution in [2.45, 2.75) is 16.0 Å². The van der Waals surface area contributed by atoms with Crippen LogP contribution in [0.25, 0.3) is 0 Å². The zero-order valence-electron chi connectivity index (χ0n) is 17.1. The van der Waals surface area contributed by atoms with Crippen molar-refractivity contribution >= 4 is 39.1 Å². The van der Waals surface area contributed by atoms with E-state index in [0.29, 0.717) is 5.69 Å². The summed E-state index contributed by atoms with van der Waals surface area (Å²) < 4.78 is 65.3. The first kappa shape index (κ1) is 23.7. The van der Waals surface area contributed by atoms with Crippen LogP contribution >= 0.6 is 11.8 Å². The summed E-state index contributed by atoms with van der Waals surface area (Å²) in [6.07, 6.45) is -2.63. The molecule has 0 bridgehead atoms. The minimum absolute atomic E-state index is 0.00212. The highest BCUT2D eigenvalue weighted by molar-refractivity contribution is 7.98.